The molecule has 0 aliphatic carbocycles. The molecule has 0 radical (unpaired) electrons. The Morgan fingerprint density at radius 2 is 2.06 bits per heavy atom. The van der Waals surface area contributed by atoms with E-state index < -0.39 is 12.2 Å². The lowest BCUT2D eigenvalue weighted by Gasteiger charge is -2.19. The van der Waals surface area contributed by atoms with E-state index in [4.69, 9.17) is 5.11 Å². The van der Waals surface area contributed by atoms with Gasteiger partial charge in [0.1, 0.15) is 12.4 Å². The molecule has 0 bridgehead atoms. The lowest BCUT2D eigenvalue weighted by atomic mass is 9.96. The number of aliphatic hydroxyl groups is 3. The monoisotopic (exact) mass is 224 g/mol. The van der Waals surface area contributed by atoms with Crippen LogP contribution in [-0.2, 0) is 0 Å². The number of aldehydes is 1. The molecule has 0 aliphatic rings. The van der Waals surface area contributed by atoms with Crippen LogP contribution in [0.5, 0.6) is 0 Å². The maximum Gasteiger partial charge on any atom is 0.150 e. The molecule has 0 saturated heterocycles. The Balaban J connectivity index is 3.00. The molecule has 0 fully saturated rings. The minimum absolute atomic E-state index is 0.0768. The molecule has 0 aliphatic heterocycles. The summed E-state index contributed by atoms with van der Waals surface area (Å²) < 4.78 is 0. The van der Waals surface area contributed by atoms with Crippen molar-refractivity contribution in [2.45, 2.75) is 25.6 Å². The zero-order chi connectivity index (χ0) is 12.1. The van der Waals surface area contributed by atoms with Crippen molar-refractivity contribution < 1.29 is 20.1 Å². The van der Waals surface area contributed by atoms with Gasteiger partial charge in [0.05, 0.1) is 6.10 Å². The number of benzene rings is 1. The fraction of sp³-hybridized carbons (Fsp3) is 0.417. The molecule has 1 rings (SSSR count). The number of hydrogen-bond acceptors (Lipinski definition) is 4. The Kier molecular flexibility index (Phi) is 4.61. The molecule has 1 aromatic carbocycles. The molecular weight excluding hydrogens is 208 g/mol. The van der Waals surface area contributed by atoms with Crippen LogP contribution in [0.15, 0.2) is 18.2 Å². The fourth-order valence-corrected chi connectivity index (χ4v) is 1.56. The predicted molar refractivity (Wildman–Crippen MR) is 59.2 cm³/mol. The van der Waals surface area contributed by atoms with Crippen LogP contribution >= 0.6 is 0 Å². The Labute approximate surface area is 94.2 Å². The zero-order valence-electron chi connectivity index (χ0n) is 9.13. The minimum Gasteiger partial charge on any atom is -0.396 e. The summed E-state index contributed by atoms with van der Waals surface area (Å²) in [5, 5.41) is 28.1. The van der Waals surface area contributed by atoms with Crippen LogP contribution in [0.1, 0.15) is 34.0 Å². The van der Waals surface area contributed by atoms with Gasteiger partial charge in [-0.05, 0) is 18.9 Å². The van der Waals surface area contributed by atoms with Crippen molar-refractivity contribution in [3.05, 3.63) is 34.9 Å². The molecule has 1 aromatic rings. The van der Waals surface area contributed by atoms with Crippen molar-refractivity contribution in [2.24, 2.45) is 0 Å². The molecule has 88 valence electrons. The van der Waals surface area contributed by atoms with Gasteiger partial charge in [0.25, 0.3) is 0 Å². The second-order valence-corrected chi connectivity index (χ2v) is 3.77. The third-order valence-electron chi connectivity index (χ3n) is 2.48. The average molecular weight is 224 g/mol. The van der Waals surface area contributed by atoms with E-state index >= 15 is 0 Å². The van der Waals surface area contributed by atoms with Gasteiger partial charge < -0.3 is 15.3 Å². The van der Waals surface area contributed by atoms with Gasteiger partial charge >= 0.3 is 0 Å². The maximum atomic E-state index is 10.8. The Morgan fingerprint density at radius 1 is 1.38 bits per heavy atom. The van der Waals surface area contributed by atoms with Gasteiger partial charge in [0, 0.05) is 12.2 Å². The summed E-state index contributed by atoms with van der Waals surface area (Å²) in [4.78, 5) is 10.8. The number of carbonyl (C=O) groups is 1. The third-order valence-corrected chi connectivity index (χ3v) is 2.48. The molecule has 4 heteroatoms. The second-order valence-electron chi connectivity index (χ2n) is 3.77. The lowest BCUT2D eigenvalue weighted by molar-refractivity contribution is 0.00393. The molecule has 3 N–H and O–H groups in total. The van der Waals surface area contributed by atoms with E-state index in [9.17, 15) is 15.0 Å². The first-order valence-corrected chi connectivity index (χ1v) is 5.13. The first-order chi connectivity index (χ1) is 7.60. The molecule has 0 amide bonds. The van der Waals surface area contributed by atoms with Crippen LogP contribution in [0.3, 0.4) is 0 Å². The van der Waals surface area contributed by atoms with E-state index in [1.54, 1.807) is 18.2 Å². The summed E-state index contributed by atoms with van der Waals surface area (Å²) in [6, 6.07) is 5.03. The largest absolute Gasteiger partial charge is 0.396 e. The third kappa shape index (κ3) is 2.88. The highest BCUT2D eigenvalue weighted by atomic mass is 16.3. The normalized spacial score (nSPS) is 14.5. The van der Waals surface area contributed by atoms with Crippen molar-refractivity contribution in [3.63, 3.8) is 0 Å². The fourth-order valence-electron chi connectivity index (χ4n) is 1.56. The Morgan fingerprint density at radius 3 is 2.62 bits per heavy atom. The number of carbonyl (C=O) groups excluding carboxylic acids is 1. The van der Waals surface area contributed by atoms with E-state index in [1.807, 2.05) is 6.92 Å². The summed E-state index contributed by atoms with van der Waals surface area (Å²) >= 11 is 0. The van der Waals surface area contributed by atoms with Crippen LogP contribution in [0, 0.1) is 6.92 Å². The van der Waals surface area contributed by atoms with E-state index in [0.29, 0.717) is 17.4 Å². The maximum absolute atomic E-state index is 10.8. The number of aryl methyl sites for hydroxylation is 1. The van der Waals surface area contributed by atoms with Crippen molar-refractivity contribution in [1.29, 1.82) is 0 Å². The molecule has 0 saturated carbocycles. The van der Waals surface area contributed by atoms with Gasteiger partial charge in [-0.1, -0.05) is 23.8 Å². The highest BCUT2D eigenvalue weighted by Gasteiger charge is 2.20. The molecule has 2 atom stereocenters. The van der Waals surface area contributed by atoms with Crippen LogP contribution in [-0.4, -0.2) is 34.3 Å². The van der Waals surface area contributed by atoms with Crippen LogP contribution < -0.4 is 0 Å². The predicted octanol–water partition coefficient (Wildman–Crippen LogP) is 0.584. The molecular formula is C12H16O4. The number of rotatable bonds is 5. The lowest BCUT2D eigenvalue weighted by Crippen LogP contribution is -2.20. The molecule has 2 unspecified atom stereocenters. The SMILES string of the molecule is Cc1ccc(C=O)c(C(O)C(O)CCO)c1. The highest BCUT2D eigenvalue weighted by Crippen LogP contribution is 2.23. The van der Waals surface area contributed by atoms with Gasteiger partial charge in [0.15, 0.2) is 0 Å². The van der Waals surface area contributed by atoms with E-state index in [2.05, 4.69) is 0 Å². The average Bonchev–Trinajstić information content (AvgIpc) is 2.28. The number of hydrogen-bond donors (Lipinski definition) is 3. The van der Waals surface area contributed by atoms with Crippen LogP contribution in [0.2, 0.25) is 0 Å². The van der Waals surface area contributed by atoms with Crippen molar-refractivity contribution in [3.8, 4) is 0 Å². The summed E-state index contributed by atoms with van der Waals surface area (Å²) in [6.07, 6.45) is -1.49. The molecule has 16 heavy (non-hydrogen) atoms. The standard InChI is InChI=1S/C12H16O4/c1-8-2-3-9(7-14)10(6-8)12(16)11(15)4-5-13/h2-3,6-7,11-13,15-16H,4-5H2,1H3. The summed E-state index contributed by atoms with van der Waals surface area (Å²) in [5.74, 6) is 0. The first-order valence-electron chi connectivity index (χ1n) is 5.13. The Bertz CT molecular complexity index is 362. The van der Waals surface area contributed by atoms with E-state index in [-0.39, 0.29) is 13.0 Å². The summed E-state index contributed by atoms with van der Waals surface area (Å²) in [6.45, 7) is 1.63. The summed E-state index contributed by atoms with van der Waals surface area (Å²) in [5.41, 5.74) is 1.65. The second kappa shape index (κ2) is 5.75. The van der Waals surface area contributed by atoms with Gasteiger partial charge in [-0.15, -0.1) is 0 Å². The van der Waals surface area contributed by atoms with Crippen molar-refractivity contribution in [2.75, 3.05) is 6.61 Å². The first kappa shape index (κ1) is 12.8. The molecule has 0 spiro atoms. The topological polar surface area (TPSA) is 77.8 Å². The molecule has 4 nitrogen and oxygen atoms in total. The zero-order valence-corrected chi connectivity index (χ0v) is 9.13. The number of aliphatic hydroxyl groups excluding tert-OH is 3. The van der Waals surface area contributed by atoms with E-state index in [0.717, 1.165) is 5.56 Å². The molecule has 0 heterocycles. The van der Waals surface area contributed by atoms with Gasteiger partial charge in [-0.2, -0.15) is 0 Å². The van der Waals surface area contributed by atoms with Crippen LogP contribution in [0.4, 0.5) is 0 Å². The van der Waals surface area contributed by atoms with Gasteiger partial charge in [-0.25, -0.2) is 0 Å². The van der Waals surface area contributed by atoms with Crippen LogP contribution in [0.25, 0.3) is 0 Å². The van der Waals surface area contributed by atoms with E-state index in [1.165, 1.54) is 0 Å². The summed E-state index contributed by atoms with van der Waals surface area (Å²) in [7, 11) is 0. The van der Waals surface area contributed by atoms with Crippen molar-refractivity contribution in [1.82, 2.24) is 0 Å². The Hall–Kier alpha value is -1.23. The minimum atomic E-state index is -1.15. The van der Waals surface area contributed by atoms with Gasteiger partial charge in [0.2, 0.25) is 0 Å². The quantitative estimate of drug-likeness (QED) is 0.639. The van der Waals surface area contributed by atoms with Gasteiger partial charge in [-0.3, -0.25) is 4.79 Å². The smallest absolute Gasteiger partial charge is 0.150 e. The highest BCUT2D eigenvalue weighted by molar-refractivity contribution is 5.77. The van der Waals surface area contributed by atoms with Crippen molar-refractivity contribution >= 4 is 6.29 Å². The molecule has 0 aromatic heterocycles.